The van der Waals surface area contributed by atoms with Crippen LogP contribution >= 0.6 is 58.0 Å². The second-order valence-electron chi connectivity index (χ2n) is 6.65. The molecule has 0 aliphatic heterocycles. The van der Waals surface area contributed by atoms with Crippen LogP contribution in [0.25, 0.3) is 5.57 Å². The van der Waals surface area contributed by atoms with Crippen LogP contribution in [0.15, 0.2) is 59.9 Å². The molecule has 0 aliphatic rings. The molecule has 0 aliphatic carbocycles. The van der Waals surface area contributed by atoms with Crippen LogP contribution in [0.2, 0.25) is 25.1 Å². The summed E-state index contributed by atoms with van der Waals surface area (Å²) in [4.78, 5) is 13.5. The van der Waals surface area contributed by atoms with Crippen molar-refractivity contribution in [3.05, 3.63) is 96.8 Å². The first kappa shape index (κ1) is 26.6. The number of nitrogens with one attached hydrogen (secondary N) is 1. The number of pyridine rings is 1. The van der Waals surface area contributed by atoms with E-state index in [9.17, 15) is 13.2 Å². The molecule has 3 rings (SSSR count). The molecule has 0 saturated heterocycles. The first-order valence-corrected chi connectivity index (χ1v) is 11.2. The minimum absolute atomic E-state index is 0.0316. The number of hydrogen-bond acceptors (Lipinski definition) is 4. The van der Waals surface area contributed by atoms with Gasteiger partial charge in [0, 0.05) is 39.3 Å². The highest BCUT2D eigenvalue weighted by Crippen LogP contribution is 2.33. The summed E-state index contributed by atoms with van der Waals surface area (Å²) in [5.74, 6) is 0. The first-order valence-electron chi connectivity index (χ1n) is 9.28. The van der Waals surface area contributed by atoms with Crippen LogP contribution in [-0.2, 0) is 17.6 Å². The number of alkyl halides is 3. The van der Waals surface area contributed by atoms with E-state index in [4.69, 9.17) is 62.8 Å². The van der Waals surface area contributed by atoms with Crippen LogP contribution in [0.4, 0.5) is 18.9 Å². The zero-order chi connectivity index (χ0) is 24.9. The standard InChI is InChI=1S/C22H13Cl5F3N3O/c23-15-2-1-12(17(25)6-15)11-34-33-9-13(8-31-20-4-3-16(24)7-18(20)26)21-19(27)5-14(10-32-21)22(28,29)30/h1-10,33H,11H2/b13-9+,31-8?. The Morgan fingerprint density at radius 3 is 2.24 bits per heavy atom. The van der Waals surface area contributed by atoms with E-state index in [-0.39, 0.29) is 27.9 Å². The number of hydrogen-bond donors (Lipinski definition) is 1. The maximum Gasteiger partial charge on any atom is 0.417 e. The first-order chi connectivity index (χ1) is 16.0. The third-order valence-corrected chi connectivity index (χ3v) is 5.65. The highest BCUT2D eigenvalue weighted by atomic mass is 35.5. The summed E-state index contributed by atoms with van der Waals surface area (Å²) in [6, 6.07) is 10.3. The molecule has 0 radical (unpaired) electrons. The van der Waals surface area contributed by atoms with E-state index in [2.05, 4.69) is 15.5 Å². The molecular weight excluding hydrogens is 557 g/mol. The van der Waals surface area contributed by atoms with Crippen molar-refractivity contribution >= 4 is 75.5 Å². The number of hydroxylamine groups is 1. The Bertz CT molecular complexity index is 1250. The quantitative estimate of drug-likeness (QED) is 0.176. The van der Waals surface area contributed by atoms with Crippen molar-refractivity contribution in [2.24, 2.45) is 4.99 Å². The Balaban J connectivity index is 1.87. The van der Waals surface area contributed by atoms with Crippen molar-refractivity contribution in [2.45, 2.75) is 12.8 Å². The molecule has 1 heterocycles. The Kier molecular flexibility index (Phi) is 9.09. The number of rotatable bonds is 7. The molecule has 0 unspecified atom stereocenters. The van der Waals surface area contributed by atoms with Crippen LogP contribution in [0.3, 0.4) is 0 Å². The smallest absolute Gasteiger partial charge is 0.273 e. The fourth-order valence-electron chi connectivity index (χ4n) is 2.56. The Hall–Kier alpha value is -2.00. The van der Waals surface area contributed by atoms with Crippen LogP contribution < -0.4 is 5.48 Å². The van der Waals surface area contributed by atoms with Gasteiger partial charge >= 0.3 is 6.18 Å². The summed E-state index contributed by atoms with van der Waals surface area (Å²) < 4.78 is 39.0. The van der Waals surface area contributed by atoms with Crippen molar-refractivity contribution < 1.29 is 18.0 Å². The fourth-order valence-corrected chi connectivity index (χ4v) is 3.76. The molecule has 0 spiro atoms. The van der Waals surface area contributed by atoms with Gasteiger partial charge in [-0.05, 0) is 42.0 Å². The maximum absolute atomic E-state index is 13.0. The lowest BCUT2D eigenvalue weighted by atomic mass is 10.1. The van der Waals surface area contributed by atoms with Crippen molar-refractivity contribution in [1.82, 2.24) is 10.5 Å². The molecule has 4 nitrogen and oxygen atoms in total. The summed E-state index contributed by atoms with van der Waals surface area (Å²) in [7, 11) is 0. The molecule has 3 aromatic rings. The van der Waals surface area contributed by atoms with Gasteiger partial charge in [0.25, 0.3) is 0 Å². The van der Waals surface area contributed by atoms with Crippen LogP contribution in [0.5, 0.6) is 0 Å². The summed E-state index contributed by atoms with van der Waals surface area (Å²) in [6.45, 7) is 0.0636. The predicted molar refractivity (Wildman–Crippen MR) is 131 cm³/mol. The third kappa shape index (κ3) is 7.25. The predicted octanol–water partition coefficient (Wildman–Crippen LogP) is 8.83. The molecule has 0 bridgehead atoms. The summed E-state index contributed by atoms with van der Waals surface area (Å²) in [5.41, 5.74) is 2.87. The summed E-state index contributed by atoms with van der Waals surface area (Å²) in [5, 5.41) is 1.34. The van der Waals surface area contributed by atoms with Gasteiger partial charge in [0.1, 0.15) is 6.61 Å². The van der Waals surface area contributed by atoms with E-state index in [1.807, 2.05) is 0 Å². The molecule has 12 heteroatoms. The molecule has 2 aromatic carbocycles. The second kappa shape index (κ2) is 11.6. The van der Waals surface area contributed by atoms with Gasteiger partial charge in [-0.2, -0.15) is 13.2 Å². The summed E-state index contributed by atoms with van der Waals surface area (Å²) >= 11 is 30.1. The van der Waals surface area contributed by atoms with Gasteiger partial charge in [0.2, 0.25) is 0 Å². The lowest BCUT2D eigenvalue weighted by molar-refractivity contribution is -0.137. The number of halogens is 8. The molecule has 1 aromatic heterocycles. The lowest BCUT2D eigenvalue weighted by Gasteiger charge is -2.11. The zero-order valence-corrected chi connectivity index (χ0v) is 20.6. The molecule has 0 amide bonds. The van der Waals surface area contributed by atoms with Crippen LogP contribution in [0.1, 0.15) is 16.8 Å². The Labute approximate surface area is 217 Å². The number of aromatic nitrogens is 1. The van der Waals surface area contributed by atoms with E-state index in [0.29, 0.717) is 32.5 Å². The van der Waals surface area contributed by atoms with Gasteiger partial charge < -0.3 is 0 Å². The van der Waals surface area contributed by atoms with Gasteiger partial charge in [-0.25, -0.2) is 0 Å². The second-order valence-corrected chi connectivity index (χ2v) is 8.74. The maximum atomic E-state index is 13.0. The van der Waals surface area contributed by atoms with Gasteiger partial charge in [0.15, 0.2) is 0 Å². The Morgan fingerprint density at radius 1 is 0.941 bits per heavy atom. The van der Waals surface area contributed by atoms with E-state index in [0.717, 1.165) is 6.07 Å². The minimum atomic E-state index is -4.59. The largest absolute Gasteiger partial charge is 0.417 e. The molecule has 0 saturated carbocycles. The molecule has 34 heavy (non-hydrogen) atoms. The van der Waals surface area contributed by atoms with Crippen LogP contribution in [-0.4, -0.2) is 11.2 Å². The molecule has 178 valence electrons. The van der Waals surface area contributed by atoms with E-state index in [1.165, 1.54) is 18.5 Å². The highest BCUT2D eigenvalue weighted by molar-refractivity contribution is 6.36. The van der Waals surface area contributed by atoms with E-state index < -0.39 is 11.7 Å². The highest BCUT2D eigenvalue weighted by Gasteiger charge is 2.31. The Morgan fingerprint density at radius 2 is 1.62 bits per heavy atom. The molecule has 1 N–H and O–H groups in total. The molecule has 0 atom stereocenters. The number of allylic oxidation sites excluding steroid dienone is 1. The van der Waals surface area contributed by atoms with Gasteiger partial charge in [0.05, 0.1) is 27.0 Å². The molecule has 0 fully saturated rings. The van der Waals surface area contributed by atoms with Gasteiger partial charge in [-0.3, -0.25) is 20.3 Å². The average Bonchev–Trinajstić information content (AvgIpc) is 2.75. The SMILES string of the molecule is FC(F)(F)c1cnc(/C(C=Nc2ccc(Cl)cc2Cl)=C/NOCc2ccc(Cl)cc2Cl)c(Cl)c1. The van der Waals surface area contributed by atoms with Gasteiger partial charge in [-0.1, -0.05) is 64.1 Å². The monoisotopic (exact) mass is 567 g/mol. The normalized spacial score (nSPS) is 12.4. The summed E-state index contributed by atoms with van der Waals surface area (Å²) in [6.07, 6.45) is -1.27. The number of nitrogens with zero attached hydrogens (tertiary/aromatic N) is 2. The van der Waals surface area contributed by atoms with E-state index >= 15 is 0 Å². The molecular formula is C22H13Cl5F3N3O. The van der Waals surface area contributed by atoms with Crippen molar-refractivity contribution in [1.29, 1.82) is 0 Å². The van der Waals surface area contributed by atoms with Crippen molar-refractivity contribution in [3.8, 4) is 0 Å². The fraction of sp³-hybridized carbons (Fsp3) is 0.0909. The average molecular weight is 570 g/mol. The van der Waals surface area contributed by atoms with Gasteiger partial charge in [-0.15, -0.1) is 0 Å². The van der Waals surface area contributed by atoms with E-state index in [1.54, 1.807) is 30.3 Å². The van der Waals surface area contributed by atoms with Crippen molar-refractivity contribution in [2.75, 3.05) is 0 Å². The number of aliphatic imine (C=N–C) groups is 1. The third-order valence-electron chi connectivity index (χ3n) is 4.23. The van der Waals surface area contributed by atoms with Crippen LogP contribution in [0, 0.1) is 0 Å². The minimum Gasteiger partial charge on any atom is -0.273 e. The topological polar surface area (TPSA) is 46.5 Å². The lowest BCUT2D eigenvalue weighted by Crippen LogP contribution is -2.10. The number of benzene rings is 2. The zero-order valence-electron chi connectivity index (χ0n) is 16.8. The van der Waals surface area contributed by atoms with Crippen molar-refractivity contribution in [3.63, 3.8) is 0 Å².